The first-order valence-electron chi connectivity index (χ1n) is 8.56. The van der Waals surface area contributed by atoms with Crippen molar-refractivity contribution >= 4 is 9.84 Å². The highest BCUT2D eigenvalue weighted by atomic mass is 32.2. The van der Waals surface area contributed by atoms with Gasteiger partial charge in [-0.05, 0) is 47.0 Å². The fourth-order valence-corrected chi connectivity index (χ4v) is 4.58. The van der Waals surface area contributed by atoms with Gasteiger partial charge in [0.15, 0.2) is 0 Å². The first-order valence-corrected chi connectivity index (χ1v) is 10.0. The van der Waals surface area contributed by atoms with Crippen molar-refractivity contribution in [1.29, 1.82) is 0 Å². The predicted octanol–water partition coefficient (Wildman–Crippen LogP) is 5.25. The Hall–Kier alpha value is -3.24. The first-order chi connectivity index (χ1) is 13.2. The lowest BCUT2D eigenvalue weighted by Gasteiger charge is -2.13. The average molecular weight is 371 g/mol. The highest BCUT2D eigenvalue weighted by Crippen LogP contribution is 2.34. The molecule has 27 heavy (non-hydrogen) atoms. The molecular formula is C23H17NO2S. The number of aromatic nitrogens is 1. The molecule has 0 aliphatic carbocycles. The molecule has 0 N–H and O–H groups in total. The largest absolute Gasteiger partial charge is 0.265 e. The molecule has 0 radical (unpaired) electrons. The van der Waals surface area contributed by atoms with E-state index < -0.39 is 9.84 Å². The lowest BCUT2D eigenvalue weighted by molar-refractivity contribution is 0.596. The van der Waals surface area contributed by atoms with Crippen molar-refractivity contribution < 1.29 is 8.42 Å². The van der Waals surface area contributed by atoms with E-state index in [0.29, 0.717) is 10.5 Å². The molecule has 132 valence electrons. The molecule has 0 atom stereocenters. The molecule has 0 saturated carbocycles. The molecule has 0 aliphatic heterocycles. The van der Waals surface area contributed by atoms with Crippen LogP contribution in [0.25, 0.3) is 22.3 Å². The Balaban J connectivity index is 1.96. The Morgan fingerprint density at radius 2 is 1.22 bits per heavy atom. The van der Waals surface area contributed by atoms with Crippen LogP contribution in [0.2, 0.25) is 0 Å². The van der Waals surface area contributed by atoms with Crippen molar-refractivity contribution in [2.45, 2.75) is 9.79 Å². The second-order valence-corrected chi connectivity index (χ2v) is 8.05. The minimum absolute atomic E-state index is 0.283. The first kappa shape index (κ1) is 17.2. The maximum absolute atomic E-state index is 13.4. The molecule has 3 aromatic carbocycles. The van der Waals surface area contributed by atoms with E-state index in [9.17, 15) is 8.42 Å². The zero-order chi connectivity index (χ0) is 18.7. The Bertz CT molecular complexity index is 1160. The third kappa shape index (κ3) is 3.39. The smallest absolute Gasteiger partial charge is 0.207 e. The minimum atomic E-state index is -3.67. The Kier molecular flexibility index (Phi) is 4.57. The van der Waals surface area contributed by atoms with Crippen LogP contribution in [0.1, 0.15) is 0 Å². The van der Waals surface area contributed by atoms with Crippen molar-refractivity contribution in [2.24, 2.45) is 0 Å². The molecule has 4 rings (SSSR count). The molecule has 3 nitrogen and oxygen atoms in total. The van der Waals surface area contributed by atoms with Gasteiger partial charge in [-0.3, -0.25) is 4.98 Å². The van der Waals surface area contributed by atoms with Crippen molar-refractivity contribution in [2.75, 3.05) is 0 Å². The molecule has 4 heteroatoms. The molecule has 0 saturated heterocycles. The number of sulfone groups is 1. The van der Waals surface area contributed by atoms with Crippen LogP contribution in [0.3, 0.4) is 0 Å². The van der Waals surface area contributed by atoms with Gasteiger partial charge in [-0.1, -0.05) is 60.7 Å². The lowest BCUT2D eigenvalue weighted by atomic mass is 10.0. The second kappa shape index (κ2) is 7.17. The topological polar surface area (TPSA) is 47.0 Å². The monoisotopic (exact) mass is 371 g/mol. The van der Waals surface area contributed by atoms with Crippen molar-refractivity contribution in [3.8, 4) is 22.3 Å². The summed E-state index contributed by atoms with van der Waals surface area (Å²) < 4.78 is 26.8. The zero-order valence-corrected chi connectivity index (χ0v) is 15.3. The normalized spacial score (nSPS) is 11.3. The fourth-order valence-electron chi connectivity index (χ4n) is 3.05. The molecule has 0 spiro atoms. The molecule has 1 aromatic heterocycles. The van der Waals surface area contributed by atoms with E-state index in [0.717, 1.165) is 16.7 Å². The molecule has 0 aliphatic rings. The number of nitrogens with zero attached hydrogens (tertiary/aromatic N) is 1. The lowest BCUT2D eigenvalue weighted by Crippen LogP contribution is -2.04. The summed E-state index contributed by atoms with van der Waals surface area (Å²) in [4.78, 5) is 4.61. The van der Waals surface area contributed by atoms with Crippen LogP contribution in [0.4, 0.5) is 0 Å². The highest BCUT2D eigenvalue weighted by Gasteiger charge is 2.22. The summed E-state index contributed by atoms with van der Waals surface area (Å²) >= 11 is 0. The number of hydrogen-bond acceptors (Lipinski definition) is 3. The number of pyridine rings is 1. The van der Waals surface area contributed by atoms with Gasteiger partial charge in [0, 0.05) is 18.0 Å². The van der Waals surface area contributed by atoms with Crippen molar-refractivity contribution in [1.82, 2.24) is 4.98 Å². The predicted molar refractivity (Wildman–Crippen MR) is 107 cm³/mol. The van der Waals surface area contributed by atoms with E-state index in [1.165, 1.54) is 0 Å². The standard InChI is InChI=1S/C23H17NO2S/c25-27(26,21-9-5-2-6-10-21)23-17-20(18-7-3-1-4-8-18)11-12-22(23)19-13-15-24-16-14-19/h1-17H. The van der Waals surface area contributed by atoms with E-state index in [-0.39, 0.29) is 4.90 Å². The third-order valence-electron chi connectivity index (χ3n) is 4.42. The molecular weight excluding hydrogens is 354 g/mol. The zero-order valence-electron chi connectivity index (χ0n) is 14.5. The number of benzene rings is 3. The number of hydrogen-bond donors (Lipinski definition) is 0. The maximum atomic E-state index is 13.4. The van der Waals surface area contributed by atoms with Crippen LogP contribution in [-0.2, 0) is 9.84 Å². The van der Waals surface area contributed by atoms with Crippen LogP contribution < -0.4 is 0 Å². The Morgan fingerprint density at radius 1 is 0.593 bits per heavy atom. The van der Waals surface area contributed by atoms with Gasteiger partial charge in [0.25, 0.3) is 0 Å². The van der Waals surface area contributed by atoms with Gasteiger partial charge in [-0.15, -0.1) is 0 Å². The van der Waals surface area contributed by atoms with Crippen LogP contribution in [0, 0.1) is 0 Å². The summed E-state index contributed by atoms with van der Waals surface area (Å²) in [5.74, 6) is 0. The van der Waals surface area contributed by atoms with Crippen molar-refractivity contribution in [3.05, 3.63) is 103 Å². The second-order valence-electron chi connectivity index (χ2n) is 6.13. The van der Waals surface area contributed by atoms with Crippen LogP contribution in [0.15, 0.2) is 113 Å². The van der Waals surface area contributed by atoms with E-state index in [1.54, 1.807) is 42.7 Å². The van der Waals surface area contributed by atoms with Gasteiger partial charge in [0.2, 0.25) is 9.84 Å². The van der Waals surface area contributed by atoms with Gasteiger partial charge in [-0.2, -0.15) is 0 Å². The summed E-state index contributed by atoms with van der Waals surface area (Å²) in [5.41, 5.74) is 3.33. The summed E-state index contributed by atoms with van der Waals surface area (Å²) in [6.07, 6.45) is 3.33. The van der Waals surface area contributed by atoms with E-state index in [4.69, 9.17) is 0 Å². The van der Waals surface area contributed by atoms with E-state index in [1.807, 2.05) is 60.7 Å². The minimum Gasteiger partial charge on any atom is -0.265 e. The fraction of sp³-hybridized carbons (Fsp3) is 0. The molecule has 0 fully saturated rings. The van der Waals surface area contributed by atoms with Crippen LogP contribution >= 0.6 is 0 Å². The summed E-state index contributed by atoms with van der Waals surface area (Å²) in [5, 5.41) is 0. The van der Waals surface area contributed by atoms with Crippen LogP contribution in [-0.4, -0.2) is 13.4 Å². The highest BCUT2D eigenvalue weighted by molar-refractivity contribution is 7.91. The number of rotatable bonds is 4. The molecule has 4 aromatic rings. The summed E-state index contributed by atoms with van der Waals surface area (Å²) in [6, 6.07) is 27.5. The third-order valence-corrected chi connectivity index (χ3v) is 6.23. The van der Waals surface area contributed by atoms with Crippen LogP contribution in [0.5, 0.6) is 0 Å². The van der Waals surface area contributed by atoms with Gasteiger partial charge < -0.3 is 0 Å². The molecule has 1 heterocycles. The maximum Gasteiger partial charge on any atom is 0.207 e. The Morgan fingerprint density at radius 3 is 1.89 bits per heavy atom. The quantitative estimate of drug-likeness (QED) is 0.492. The van der Waals surface area contributed by atoms with E-state index >= 15 is 0 Å². The van der Waals surface area contributed by atoms with E-state index in [2.05, 4.69) is 4.98 Å². The Labute approximate surface area is 158 Å². The average Bonchev–Trinajstić information content (AvgIpc) is 2.75. The SMILES string of the molecule is O=S(=O)(c1ccccc1)c1cc(-c2ccccc2)ccc1-c1ccncc1. The molecule has 0 bridgehead atoms. The summed E-state index contributed by atoms with van der Waals surface area (Å²) in [7, 11) is -3.67. The van der Waals surface area contributed by atoms with Gasteiger partial charge in [0.1, 0.15) is 0 Å². The van der Waals surface area contributed by atoms with Gasteiger partial charge in [-0.25, -0.2) is 8.42 Å². The summed E-state index contributed by atoms with van der Waals surface area (Å²) in [6.45, 7) is 0. The molecule has 0 amide bonds. The van der Waals surface area contributed by atoms with Gasteiger partial charge in [0.05, 0.1) is 9.79 Å². The molecule has 0 unspecified atom stereocenters. The van der Waals surface area contributed by atoms with Crippen molar-refractivity contribution in [3.63, 3.8) is 0 Å². The van der Waals surface area contributed by atoms with Gasteiger partial charge >= 0.3 is 0 Å².